The molecule has 0 aliphatic rings. The molecule has 2 heterocycles. The molecule has 0 saturated heterocycles. The van der Waals surface area contributed by atoms with Gasteiger partial charge in [0.15, 0.2) is 0 Å². The van der Waals surface area contributed by atoms with E-state index in [1.54, 1.807) is 23.5 Å². The zero-order valence-corrected chi connectivity index (χ0v) is 14.9. The Morgan fingerprint density at radius 3 is 2.52 bits per heavy atom. The molecule has 0 radical (unpaired) electrons. The van der Waals surface area contributed by atoms with Crippen LogP contribution in [-0.4, -0.2) is 15.1 Å². The quantitative estimate of drug-likeness (QED) is 0.578. The first-order chi connectivity index (χ1) is 12.0. The molecule has 0 bridgehead atoms. The third-order valence-electron chi connectivity index (χ3n) is 3.55. The zero-order valence-electron chi connectivity index (χ0n) is 14.0. The number of aromatic nitrogens is 3. The van der Waals surface area contributed by atoms with Crippen molar-refractivity contribution in [2.75, 3.05) is 0 Å². The van der Waals surface area contributed by atoms with E-state index in [9.17, 15) is 8.78 Å². The van der Waals surface area contributed by atoms with Crippen molar-refractivity contribution in [2.24, 2.45) is 0 Å². The topological polar surface area (TPSA) is 61.0 Å². The number of rotatable bonds is 6. The van der Waals surface area contributed by atoms with Crippen LogP contribution in [0.1, 0.15) is 41.8 Å². The summed E-state index contributed by atoms with van der Waals surface area (Å²) in [5, 5.41) is 6.53. The van der Waals surface area contributed by atoms with Crippen LogP contribution in [0.4, 0.5) is 8.78 Å². The standard InChI is InChI=1S/C17H17F2N3O2S/c1-4-5-13-20-12(8-25-13)23-14-9(2)6-11(7-10(14)3)16-21-17(15(18)19)24-22-16/h6-8,15H,4-5H2,1-3H3. The molecule has 3 aromatic rings. The van der Waals surface area contributed by atoms with Gasteiger partial charge in [-0.05, 0) is 49.9 Å². The fourth-order valence-electron chi connectivity index (χ4n) is 2.46. The minimum absolute atomic E-state index is 0.131. The lowest BCUT2D eigenvalue weighted by atomic mass is 10.1. The highest BCUT2D eigenvalue weighted by molar-refractivity contribution is 7.09. The van der Waals surface area contributed by atoms with Gasteiger partial charge in [-0.2, -0.15) is 13.8 Å². The lowest BCUT2D eigenvalue weighted by molar-refractivity contribution is 0.106. The smallest absolute Gasteiger partial charge is 0.315 e. The SMILES string of the molecule is CCCc1nc(Oc2c(C)cc(-c3noc(C(F)F)n3)cc2C)cs1. The Kier molecular flexibility index (Phi) is 5.08. The van der Waals surface area contributed by atoms with E-state index >= 15 is 0 Å². The Morgan fingerprint density at radius 1 is 1.20 bits per heavy atom. The van der Waals surface area contributed by atoms with E-state index in [0.717, 1.165) is 29.0 Å². The Bertz CT molecular complexity index is 853. The molecule has 3 rings (SSSR count). The predicted octanol–water partition coefficient (Wildman–Crippen LogP) is 5.49. The summed E-state index contributed by atoms with van der Waals surface area (Å²) in [6, 6.07) is 3.56. The van der Waals surface area contributed by atoms with Crippen molar-refractivity contribution in [3.05, 3.63) is 39.5 Å². The number of hydrogen-bond acceptors (Lipinski definition) is 6. The summed E-state index contributed by atoms with van der Waals surface area (Å²) in [4.78, 5) is 8.17. The summed E-state index contributed by atoms with van der Waals surface area (Å²) >= 11 is 1.57. The van der Waals surface area contributed by atoms with Crippen molar-refractivity contribution in [3.8, 4) is 23.0 Å². The van der Waals surface area contributed by atoms with Gasteiger partial charge in [-0.15, -0.1) is 11.3 Å². The second-order valence-corrected chi connectivity index (χ2v) is 6.57. The van der Waals surface area contributed by atoms with Crippen LogP contribution in [0.3, 0.4) is 0 Å². The number of nitrogens with zero attached hydrogens (tertiary/aromatic N) is 3. The highest BCUT2D eigenvalue weighted by Gasteiger charge is 2.19. The molecule has 8 heteroatoms. The van der Waals surface area contributed by atoms with E-state index in [2.05, 4.69) is 26.6 Å². The highest BCUT2D eigenvalue weighted by Crippen LogP contribution is 2.33. The predicted molar refractivity (Wildman–Crippen MR) is 90.3 cm³/mol. The minimum Gasteiger partial charge on any atom is -0.438 e. The van der Waals surface area contributed by atoms with Crippen molar-refractivity contribution in [1.29, 1.82) is 0 Å². The first-order valence-corrected chi connectivity index (χ1v) is 8.71. The van der Waals surface area contributed by atoms with Gasteiger partial charge in [-0.3, -0.25) is 0 Å². The Labute approximate surface area is 147 Å². The Morgan fingerprint density at radius 2 is 1.92 bits per heavy atom. The number of aryl methyl sites for hydroxylation is 3. The van der Waals surface area contributed by atoms with Crippen LogP contribution in [0.15, 0.2) is 22.0 Å². The average Bonchev–Trinajstić information content (AvgIpc) is 3.20. The van der Waals surface area contributed by atoms with Gasteiger partial charge in [-0.25, -0.2) is 4.98 Å². The molecule has 25 heavy (non-hydrogen) atoms. The first-order valence-electron chi connectivity index (χ1n) is 7.83. The van der Waals surface area contributed by atoms with E-state index in [4.69, 9.17) is 4.74 Å². The summed E-state index contributed by atoms with van der Waals surface area (Å²) in [6.45, 7) is 5.85. The summed E-state index contributed by atoms with van der Waals surface area (Å²) in [5.41, 5.74) is 2.27. The maximum Gasteiger partial charge on any atom is 0.315 e. The number of alkyl halides is 2. The molecule has 5 nitrogen and oxygen atoms in total. The number of ether oxygens (including phenoxy) is 1. The molecule has 0 atom stereocenters. The van der Waals surface area contributed by atoms with Crippen LogP contribution in [0, 0.1) is 13.8 Å². The van der Waals surface area contributed by atoms with Gasteiger partial charge in [0.1, 0.15) is 5.75 Å². The molecule has 2 aromatic heterocycles. The van der Waals surface area contributed by atoms with E-state index in [1.807, 2.05) is 19.2 Å². The Balaban J connectivity index is 1.86. The summed E-state index contributed by atoms with van der Waals surface area (Å²) in [6.07, 6.45) is -0.826. The largest absolute Gasteiger partial charge is 0.438 e. The molecule has 0 amide bonds. The zero-order chi connectivity index (χ0) is 18.0. The molecule has 0 fully saturated rings. The number of thiazole rings is 1. The number of halogens is 2. The van der Waals surface area contributed by atoms with E-state index in [0.29, 0.717) is 17.2 Å². The van der Waals surface area contributed by atoms with Gasteiger partial charge < -0.3 is 9.26 Å². The maximum absolute atomic E-state index is 12.6. The first kappa shape index (κ1) is 17.5. The molecular formula is C17H17F2N3O2S. The van der Waals surface area contributed by atoms with Gasteiger partial charge in [-0.1, -0.05) is 12.1 Å². The van der Waals surface area contributed by atoms with Crippen molar-refractivity contribution in [1.82, 2.24) is 15.1 Å². The molecule has 0 unspecified atom stereocenters. The molecule has 0 saturated carbocycles. The van der Waals surface area contributed by atoms with Crippen molar-refractivity contribution >= 4 is 11.3 Å². The maximum atomic E-state index is 12.6. The average molecular weight is 365 g/mol. The fourth-order valence-corrected chi connectivity index (χ4v) is 3.26. The van der Waals surface area contributed by atoms with E-state index in [-0.39, 0.29) is 5.82 Å². The van der Waals surface area contributed by atoms with Crippen LogP contribution in [0.2, 0.25) is 0 Å². The lowest BCUT2D eigenvalue weighted by Gasteiger charge is -2.11. The van der Waals surface area contributed by atoms with Crippen molar-refractivity contribution in [2.45, 2.75) is 40.0 Å². The van der Waals surface area contributed by atoms with Crippen LogP contribution >= 0.6 is 11.3 Å². The van der Waals surface area contributed by atoms with Crippen LogP contribution in [0.25, 0.3) is 11.4 Å². The summed E-state index contributed by atoms with van der Waals surface area (Å²) in [7, 11) is 0. The third-order valence-corrected chi connectivity index (χ3v) is 4.44. The molecule has 132 valence electrons. The minimum atomic E-state index is -2.78. The van der Waals surface area contributed by atoms with Gasteiger partial charge in [0, 0.05) is 5.56 Å². The second kappa shape index (κ2) is 7.26. The lowest BCUT2D eigenvalue weighted by Crippen LogP contribution is -1.94. The molecule has 1 aromatic carbocycles. The van der Waals surface area contributed by atoms with Crippen LogP contribution < -0.4 is 4.74 Å². The summed E-state index contributed by atoms with van der Waals surface area (Å²) in [5.74, 6) is 0.699. The van der Waals surface area contributed by atoms with Gasteiger partial charge in [0.2, 0.25) is 11.7 Å². The molecule has 0 N–H and O–H groups in total. The van der Waals surface area contributed by atoms with Crippen molar-refractivity contribution < 1.29 is 18.0 Å². The van der Waals surface area contributed by atoms with Crippen molar-refractivity contribution in [3.63, 3.8) is 0 Å². The van der Waals surface area contributed by atoms with E-state index < -0.39 is 12.3 Å². The molecule has 0 aliphatic heterocycles. The van der Waals surface area contributed by atoms with Gasteiger partial charge in [0.05, 0.1) is 10.4 Å². The normalized spacial score (nSPS) is 11.3. The molecule has 0 aliphatic carbocycles. The Hall–Kier alpha value is -2.35. The number of benzene rings is 1. The fraction of sp³-hybridized carbons (Fsp3) is 0.353. The molecular weight excluding hydrogens is 348 g/mol. The van der Waals surface area contributed by atoms with Gasteiger partial charge >= 0.3 is 6.43 Å². The second-order valence-electron chi connectivity index (χ2n) is 5.63. The monoisotopic (exact) mass is 365 g/mol. The van der Waals surface area contributed by atoms with Crippen LogP contribution in [-0.2, 0) is 6.42 Å². The van der Waals surface area contributed by atoms with Gasteiger partial charge in [0.25, 0.3) is 5.89 Å². The molecule has 0 spiro atoms. The summed E-state index contributed by atoms with van der Waals surface area (Å²) < 4.78 is 35.7. The highest BCUT2D eigenvalue weighted by atomic mass is 32.1. The number of hydrogen-bond donors (Lipinski definition) is 0. The van der Waals surface area contributed by atoms with E-state index in [1.165, 1.54) is 0 Å². The van der Waals surface area contributed by atoms with Crippen LogP contribution in [0.5, 0.6) is 11.6 Å². The third kappa shape index (κ3) is 3.84.